The fraction of sp³-hybridized carbons (Fsp3) is 0.0682. The van der Waals surface area contributed by atoms with Crippen LogP contribution in [0.4, 0.5) is 0 Å². The molecule has 0 N–H and O–H groups in total. The standard InChI is InChI=1S/2C44H31N5/c1-44(2)35-20-10-6-18-33(35)39-34-19-9-13-23-38(34)48(40(39)44)30-26-24-29(25-27-30)42-45-41(28-14-4-3-5-15-28)46-43(47-42)49-36-21-11-7-16-31(36)32-17-8-12-22-37(32)49;1-44(2)35-20-10-6-18-33(35)39-34-19-9-13-23-38(34)49(40(39)44)43-46-41(28-14-4-3-5-15-28)45-42(47-43)29-24-26-30(27-25-29)48-36-21-11-7-16-31(36)32-17-8-12-22-37(32)48/h2*3-27H,1-2H3. The molecule has 0 unspecified atom stereocenters. The van der Waals surface area contributed by atoms with Gasteiger partial charge in [-0.15, -0.1) is 0 Å². The number of benzene rings is 12. The molecule has 0 bridgehead atoms. The molecule has 2 aliphatic rings. The zero-order chi connectivity index (χ0) is 65.4. The minimum atomic E-state index is -0.255. The molecule has 0 saturated carbocycles. The van der Waals surface area contributed by atoms with Crippen molar-refractivity contribution in [2.24, 2.45) is 0 Å². The van der Waals surface area contributed by atoms with Crippen molar-refractivity contribution in [1.29, 1.82) is 0 Å². The van der Waals surface area contributed by atoms with E-state index in [0.717, 1.165) is 50.2 Å². The molecule has 0 amide bonds. The fourth-order valence-electron chi connectivity index (χ4n) is 15.9. The van der Waals surface area contributed by atoms with E-state index < -0.39 is 0 Å². The quantitative estimate of drug-likeness (QED) is 0.150. The van der Waals surface area contributed by atoms with Crippen LogP contribution in [0.2, 0.25) is 0 Å². The largest absolute Gasteiger partial charge is 0.312 e. The van der Waals surface area contributed by atoms with Crippen LogP contribution in [-0.4, -0.2) is 48.2 Å². The lowest BCUT2D eigenvalue weighted by Gasteiger charge is -2.24. The van der Waals surface area contributed by atoms with Crippen LogP contribution in [0.25, 0.3) is 156 Å². The monoisotopic (exact) mass is 1260 g/mol. The summed E-state index contributed by atoms with van der Waals surface area (Å²) in [5.74, 6) is 3.77. The first-order chi connectivity index (χ1) is 48.2. The number of para-hydroxylation sites is 6. The zero-order valence-electron chi connectivity index (χ0n) is 54.3. The molecule has 2 aliphatic carbocycles. The zero-order valence-corrected chi connectivity index (χ0v) is 54.3. The van der Waals surface area contributed by atoms with E-state index in [1.807, 2.05) is 36.4 Å². The van der Waals surface area contributed by atoms with Crippen LogP contribution in [-0.2, 0) is 10.8 Å². The summed E-state index contributed by atoms with van der Waals surface area (Å²) in [7, 11) is 0. The summed E-state index contributed by atoms with van der Waals surface area (Å²) in [5, 5.41) is 7.31. The Morgan fingerprint density at radius 1 is 0.224 bits per heavy atom. The average Bonchev–Trinajstić information content (AvgIpc) is 1.54. The van der Waals surface area contributed by atoms with Crippen LogP contribution >= 0.6 is 0 Å². The molecule has 10 nitrogen and oxygen atoms in total. The molecule has 0 spiro atoms. The number of rotatable bonds is 8. The van der Waals surface area contributed by atoms with Crippen LogP contribution < -0.4 is 0 Å². The van der Waals surface area contributed by atoms with Gasteiger partial charge < -0.3 is 9.13 Å². The fourth-order valence-corrected chi connectivity index (χ4v) is 15.9. The minimum absolute atomic E-state index is 0.153. The smallest absolute Gasteiger partial charge is 0.238 e. The summed E-state index contributed by atoms with van der Waals surface area (Å²) in [4.78, 5) is 30.8. The van der Waals surface area contributed by atoms with Gasteiger partial charge in [0.05, 0.1) is 33.1 Å². The third-order valence-corrected chi connectivity index (χ3v) is 20.3. The second kappa shape index (κ2) is 22.0. The molecule has 0 saturated heterocycles. The molecule has 98 heavy (non-hydrogen) atoms. The summed E-state index contributed by atoms with van der Waals surface area (Å²) >= 11 is 0. The van der Waals surface area contributed by atoms with Crippen molar-refractivity contribution < 1.29 is 0 Å². The Kier molecular flexibility index (Phi) is 12.7. The second-order valence-corrected chi connectivity index (χ2v) is 26.6. The molecule has 20 rings (SSSR count). The number of nitrogens with zero attached hydrogens (tertiary/aromatic N) is 10. The lowest BCUT2D eigenvalue weighted by molar-refractivity contribution is 0.617. The lowest BCUT2D eigenvalue weighted by Crippen LogP contribution is -2.21. The summed E-state index contributed by atoms with van der Waals surface area (Å²) in [6, 6.07) is 107. The summed E-state index contributed by atoms with van der Waals surface area (Å²) in [5.41, 5.74) is 22.7. The normalized spacial score (nSPS) is 13.3. The van der Waals surface area contributed by atoms with Gasteiger partial charge in [0.2, 0.25) is 11.9 Å². The number of aromatic nitrogens is 10. The molecule has 18 aromatic rings. The van der Waals surface area contributed by atoms with E-state index in [2.05, 4.69) is 313 Å². The van der Waals surface area contributed by atoms with Crippen molar-refractivity contribution >= 4 is 65.4 Å². The number of hydrogen-bond donors (Lipinski definition) is 0. The van der Waals surface area contributed by atoms with E-state index in [1.165, 1.54) is 93.6 Å². The number of hydrogen-bond acceptors (Lipinski definition) is 6. The Morgan fingerprint density at radius 2 is 0.500 bits per heavy atom. The molecule has 0 fully saturated rings. The van der Waals surface area contributed by atoms with Gasteiger partial charge >= 0.3 is 0 Å². The Labute approximate surface area is 565 Å². The highest BCUT2D eigenvalue weighted by Gasteiger charge is 2.43. The van der Waals surface area contributed by atoms with Crippen LogP contribution in [0.1, 0.15) is 50.2 Å². The lowest BCUT2D eigenvalue weighted by atomic mass is 9.85. The Hall–Kier alpha value is -12.7. The highest BCUT2D eigenvalue weighted by atomic mass is 15.2. The molecule has 0 radical (unpaired) electrons. The first-order valence-electron chi connectivity index (χ1n) is 33.4. The maximum absolute atomic E-state index is 5.25. The third-order valence-electron chi connectivity index (χ3n) is 20.3. The predicted octanol–water partition coefficient (Wildman–Crippen LogP) is 21.1. The van der Waals surface area contributed by atoms with Gasteiger partial charge in [0, 0.05) is 99.3 Å². The molecule has 6 aromatic heterocycles. The summed E-state index contributed by atoms with van der Waals surface area (Å²) in [6.45, 7) is 9.29. The van der Waals surface area contributed by atoms with Crippen molar-refractivity contribution in [2.45, 2.75) is 38.5 Å². The Bertz CT molecular complexity index is 6120. The van der Waals surface area contributed by atoms with Crippen molar-refractivity contribution in [2.75, 3.05) is 0 Å². The van der Waals surface area contributed by atoms with Gasteiger partial charge in [-0.3, -0.25) is 9.13 Å². The van der Waals surface area contributed by atoms with Crippen molar-refractivity contribution in [3.63, 3.8) is 0 Å². The van der Waals surface area contributed by atoms with Gasteiger partial charge in [0.15, 0.2) is 23.3 Å². The molecule has 12 aromatic carbocycles. The first kappa shape index (κ1) is 56.8. The van der Waals surface area contributed by atoms with Crippen LogP contribution in [0.15, 0.2) is 303 Å². The van der Waals surface area contributed by atoms with Gasteiger partial charge in [0.25, 0.3) is 0 Å². The van der Waals surface area contributed by atoms with Gasteiger partial charge in [-0.25, -0.2) is 9.97 Å². The van der Waals surface area contributed by atoms with E-state index in [4.69, 9.17) is 29.9 Å². The Balaban J connectivity index is 0.000000137. The predicted molar refractivity (Wildman–Crippen MR) is 399 cm³/mol. The maximum atomic E-state index is 5.25. The molecule has 0 aliphatic heterocycles. The Morgan fingerprint density at radius 3 is 0.898 bits per heavy atom. The van der Waals surface area contributed by atoms with Gasteiger partial charge in [-0.1, -0.05) is 246 Å². The number of fused-ring (bicyclic) bond motifs is 16. The molecular formula is C88H62N10. The molecule has 0 atom stereocenters. The third kappa shape index (κ3) is 8.67. The van der Waals surface area contributed by atoms with Gasteiger partial charge in [0.1, 0.15) is 0 Å². The topological polar surface area (TPSA) is 97.1 Å². The van der Waals surface area contributed by atoms with E-state index in [-0.39, 0.29) is 10.8 Å². The average molecular weight is 1260 g/mol. The highest BCUT2D eigenvalue weighted by molar-refractivity contribution is 6.11. The molecule has 10 heteroatoms. The maximum Gasteiger partial charge on any atom is 0.238 e. The highest BCUT2D eigenvalue weighted by Crippen LogP contribution is 2.55. The van der Waals surface area contributed by atoms with Crippen molar-refractivity contribution in [3.8, 4) is 91.1 Å². The van der Waals surface area contributed by atoms with Crippen LogP contribution in [0, 0.1) is 0 Å². The first-order valence-corrected chi connectivity index (χ1v) is 33.4. The second-order valence-electron chi connectivity index (χ2n) is 26.6. The summed E-state index contributed by atoms with van der Waals surface area (Å²) < 4.78 is 9.21. The minimum Gasteiger partial charge on any atom is -0.312 e. The van der Waals surface area contributed by atoms with E-state index in [1.54, 1.807) is 0 Å². The SMILES string of the molecule is CC1(C)c2ccccc2-c2c1n(-c1ccc(-c3nc(-c4ccccc4)nc(-n4c5ccccc5c5ccccc54)n3)cc1)c1ccccc21.CC1(C)c2ccccc2-c2c1n(-c1nc(-c3ccccc3)nc(-c3ccc(-n4c5ccccc5c5ccccc54)cc3)n1)c1ccccc21. The van der Waals surface area contributed by atoms with Crippen molar-refractivity contribution in [3.05, 3.63) is 326 Å². The van der Waals surface area contributed by atoms with E-state index in [9.17, 15) is 0 Å². The van der Waals surface area contributed by atoms with E-state index in [0.29, 0.717) is 35.2 Å². The van der Waals surface area contributed by atoms with Crippen LogP contribution in [0.5, 0.6) is 0 Å². The van der Waals surface area contributed by atoms with Crippen LogP contribution in [0.3, 0.4) is 0 Å². The molecule has 6 heterocycles. The van der Waals surface area contributed by atoms with Crippen molar-refractivity contribution in [1.82, 2.24) is 48.2 Å². The summed E-state index contributed by atoms with van der Waals surface area (Å²) in [6.07, 6.45) is 0. The van der Waals surface area contributed by atoms with E-state index >= 15 is 0 Å². The van der Waals surface area contributed by atoms with Gasteiger partial charge in [-0.2, -0.15) is 19.9 Å². The molecular weight excluding hydrogens is 1200 g/mol. The molecule has 464 valence electrons. The van der Waals surface area contributed by atoms with Gasteiger partial charge in [-0.05, 0) is 107 Å².